The summed E-state index contributed by atoms with van der Waals surface area (Å²) in [6.07, 6.45) is 1.25. The van der Waals surface area contributed by atoms with Crippen LogP contribution < -0.4 is 11.1 Å². The first-order valence-electron chi connectivity index (χ1n) is 7.94. The van der Waals surface area contributed by atoms with E-state index < -0.39 is 0 Å². The third-order valence-corrected chi connectivity index (χ3v) is 3.88. The van der Waals surface area contributed by atoms with Crippen molar-refractivity contribution in [3.05, 3.63) is 35.9 Å². The molecule has 1 rings (SSSR count). The van der Waals surface area contributed by atoms with Gasteiger partial charge in [0, 0.05) is 18.5 Å². The fourth-order valence-corrected chi connectivity index (χ4v) is 2.38. The van der Waals surface area contributed by atoms with Crippen LogP contribution in [0.15, 0.2) is 30.3 Å². The molecule has 0 aliphatic rings. The summed E-state index contributed by atoms with van der Waals surface area (Å²) in [7, 11) is 4.10. The largest absolute Gasteiger partial charge is 0.353 e. The zero-order chi connectivity index (χ0) is 16.8. The van der Waals surface area contributed by atoms with Gasteiger partial charge < -0.3 is 16.0 Å². The van der Waals surface area contributed by atoms with Crippen LogP contribution in [0.3, 0.4) is 0 Å². The minimum absolute atomic E-state index is 0. The standard InChI is InChI=1S/C18H31N3O.2ClH/c1-18(2,3)16(11-12-21(4)5)20-17(22)13-15(19)14-9-7-6-8-10-14;;/h6-10,15-16H,11-13,19H2,1-5H3,(H,20,22);2*1H. The Morgan fingerprint density at radius 2 is 1.71 bits per heavy atom. The van der Waals surface area contributed by atoms with Gasteiger partial charge in [0.25, 0.3) is 0 Å². The van der Waals surface area contributed by atoms with Crippen molar-refractivity contribution in [1.29, 1.82) is 0 Å². The van der Waals surface area contributed by atoms with Gasteiger partial charge in [-0.25, -0.2) is 0 Å². The first kappa shape index (κ1) is 25.4. The van der Waals surface area contributed by atoms with Crippen molar-refractivity contribution >= 4 is 30.7 Å². The Bertz CT molecular complexity index is 461. The van der Waals surface area contributed by atoms with Crippen LogP contribution in [0.4, 0.5) is 0 Å². The van der Waals surface area contributed by atoms with Gasteiger partial charge in [-0.2, -0.15) is 0 Å². The summed E-state index contributed by atoms with van der Waals surface area (Å²) >= 11 is 0. The number of hydrogen-bond acceptors (Lipinski definition) is 3. The summed E-state index contributed by atoms with van der Waals surface area (Å²) in [5.74, 6) is 0.0232. The third-order valence-electron chi connectivity index (χ3n) is 3.88. The summed E-state index contributed by atoms with van der Waals surface area (Å²) in [5.41, 5.74) is 7.16. The van der Waals surface area contributed by atoms with Crippen molar-refractivity contribution in [3.8, 4) is 0 Å². The molecule has 0 fully saturated rings. The first-order chi connectivity index (χ1) is 10.2. The number of rotatable bonds is 7. The molecule has 0 aliphatic carbocycles. The molecular weight excluding hydrogens is 345 g/mol. The summed E-state index contributed by atoms with van der Waals surface area (Å²) in [6, 6.07) is 9.66. The number of amides is 1. The van der Waals surface area contributed by atoms with Crippen molar-refractivity contribution in [2.24, 2.45) is 11.1 Å². The van der Waals surface area contributed by atoms with Gasteiger partial charge in [0.15, 0.2) is 0 Å². The number of carbonyl (C=O) groups excluding carboxylic acids is 1. The van der Waals surface area contributed by atoms with E-state index in [1.165, 1.54) is 0 Å². The van der Waals surface area contributed by atoms with Crippen LogP contribution in [0.1, 0.15) is 45.2 Å². The molecule has 0 radical (unpaired) electrons. The highest BCUT2D eigenvalue weighted by atomic mass is 35.5. The van der Waals surface area contributed by atoms with Gasteiger partial charge in [0.05, 0.1) is 0 Å². The van der Waals surface area contributed by atoms with Crippen LogP contribution in [0.5, 0.6) is 0 Å². The number of halogens is 2. The molecule has 0 bridgehead atoms. The predicted molar refractivity (Wildman–Crippen MR) is 107 cm³/mol. The minimum Gasteiger partial charge on any atom is -0.353 e. The normalized spacial score (nSPS) is 13.5. The van der Waals surface area contributed by atoms with E-state index in [9.17, 15) is 4.79 Å². The van der Waals surface area contributed by atoms with Crippen molar-refractivity contribution in [3.63, 3.8) is 0 Å². The Kier molecular flexibility index (Phi) is 12.4. The number of nitrogens with zero attached hydrogens (tertiary/aromatic N) is 1. The quantitative estimate of drug-likeness (QED) is 0.765. The molecule has 0 saturated heterocycles. The Morgan fingerprint density at radius 3 is 2.17 bits per heavy atom. The summed E-state index contributed by atoms with van der Waals surface area (Å²) in [5, 5.41) is 3.17. The van der Waals surface area contributed by atoms with E-state index in [0.717, 1.165) is 18.5 Å². The highest BCUT2D eigenvalue weighted by Crippen LogP contribution is 2.22. The number of carbonyl (C=O) groups is 1. The lowest BCUT2D eigenvalue weighted by Gasteiger charge is -2.32. The number of nitrogens with two attached hydrogens (primary N) is 1. The minimum atomic E-state index is -0.254. The maximum Gasteiger partial charge on any atom is 0.222 e. The highest BCUT2D eigenvalue weighted by Gasteiger charge is 2.26. The molecule has 0 aromatic heterocycles. The average Bonchev–Trinajstić information content (AvgIpc) is 2.42. The van der Waals surface area contributed by atoms with Crippen molar-refractivity contribution in [1.82, 2.24) is 10.2 Å². The molecule has 0 heterocycles. The molecule has 6 heteroatoms. The second kappa shape index (κ2) is 11.7. The Balaban J connectivity index is 0. The number of benzene rings is 1. The second-order valence-electron chi connectivity index (χ2n) is 7.30. The SMILES string of the molecule is CN(C)CCC(NC(=O)CC(N)c1ccccc1)C(C)(C)C.Cl.Cl. The third kappa shape index (κ3) is 9.48. The molecule has 1 amide bonds. The second-order valence-corrected chi connectivity index (χ2v) is 7.30. The fourth-order valence-electron chi connectivity index (χ4n) is 2.38. The molecule has 4 nitrogen and oxygen atoms in total. The molecule has 3 N–H and O–H groups in total. The molecule has 2 unspecified atom stereocenters. The van der Waals surface area contributed by atoms with Crippen LogP contribution in [0.25, 0.3) is 0 Å². The van der Waals surface area contributed by atoms with E-state index in [1.54, 1.807) is 0 Å². The molecule has 0 saturated carbocycles. The predicted octanol–water partition coefficient (Wildman–Crippen LogP) is 3.40. The van der Waals surface area contributed by atoms with E-state index >= 15 is 0 Å². The Labute approximate surface area is 159 Å². The lowest BCUT2D eigenvalue weighted by Crippen LogP contribution is -2.45. The molecule has 2 atom stereocenters. The van der Waals surface area contributed by atoms with Gasteiger partial charge in [-0.1, -0.05) is 51.1 Å². The molecule has 0 aliphatic heterocycles. The monoisotopic (exact) mass is 377 g/mol. The highest BCUT2D eigenvalue weighted by molar-refractivity contribution is 5.85. The molecular formula is C18H33Cl2N3O. The number of nitrogens with one attached hydrogen (secondary N) is 1. The van der Waals surface area contributed by atoms with E-state index in [1.807, 2.05) is 44.4 Å². The molecule has 0 spiro atoms. The lowest BCUT2D eigenvalue weighted by atomic mass is 9.84. The zero-order valence-electron chi connectivity index (χ0n) is 15.4. The van der Waals surface area contributed by atoms with Gasteiger partial charge in [0.1, 0.15) is 0 Å². The Hall–Kier alpha value is -0.810. The van der Waals surface area contributed by atoms with Crippen molar-refractivity contribution in [2.75, 3.05) is 20.6 Å². The van der Waals surface area contributed by atoms with Crippen LogP contribution in [0.2, 0.25) is 0 Å². The summed E-state index contributed by atoms with van der Waals surface area (Å²) < 4.78 is 0. The van der Waals surface area contributed by atoms with E-state index in [-0.39, 0.29) is 48.2 Å². The number of hydrogen-bond donors (Lipinski definition) is 2. The topological polar surface area (TPSA) is 58.4 Å². The maximum absolute atomic E-state index is 12.3. The lowest BCUT2D eigenvalue weighted by molar-refractivity contribution is -0.123. The van der Waals surface area contributed by atoms with Crippen LogP contribution >= 0.6 is 24.8 Å². The van der Waals surface area contributed by atoms with Crippen LogP contribution in [0, 0.1) is 5.41 Å². The average molecular weight is 378 g/mol. The van der Waals surface area contributed by atoms with Gasteiger partial charge in [0.2, 0.25) is 5.91 Å². The van der Waals surface area contributed by atoms with Gasteiger partial charge >= 0.3 is 0 Å². The molecule has 24 heavy (non-hydrogen) atoms. The van der Waals surface area contributed by atoms with Crippen molar-refractivity contribution < 1.29 is 4.79 Å². The van der Waals surface area contributed by atoms with Gasteiger partial charge in [-0.05, 0) is 38.0 Å². The van der Waals surface area contributed by atoms with Crippen LogP contribution in [-0.2, 0) is 4.79 Å². The summed E-state index contributed by atoms with van der Waals surface area (Å²) in [6.45, 7) is 7.42. The molecule has 1 aromatic rings. The van der Waals surface area contributed by atoms with Gasteiger partial charge in [-0.15, -0.1) is 24.8 Å². The summed E-state index contributed by atoms with van der Waals surface area (Å²) in [4.78, 5) is 14.5. The fraction of sp³-hybridized carbons (Fsp3) is 0.611. The van der Waals surface area contributed by atoms with E-state index in [2.05, 4.69) is 31.0 Å². The van der Waals surface area contributed by atoms with E-state index in [0.29, 0.717) is 6.42 Å². The van der Waals surface area contributed by atoms with Gasteiger partial charge in [-0.3, -0.25) is 4.79 Å². The maximum atomic E-state index is 12.3. The smallest absolute Gasteiger partial charge is 0.222 e. The van der Waals surface area contributed by atoms with Crippen LogP contribution in [-0.4, -0.2) is 37.5 Å². The Morgan fingerprint density at radius 1 is 1.17 bits per heavy atom. The molecule has 1 aromatic carbocycles. The van der Waals surface area contributed by atoms with Crippen molar-refractivity contribution in [2.45, 2.75) is 45.7 Å². The van der Waals surface area contributed by atoms with E-state index in [4.69, 9.17) is 5.73 Å². The first-order valence-corrected chi connectivity index (χ1v) is 7.94. The molecule has 140 valence electrons. The zero-order valence-corrected chi connectivity index (χ0v) is 17.0.